The second-order valence-corrected chi connectivity index (χ2v) is 8.96. The molecule has 1 aliphatic rings. The lowest BCUT2D eigenvalue weighted by Crippen LogP contribution is -2.46. The number of ether oxygens (including phenoxy) is 1. The molecule has 0 radical (unpaired) electrons. The van der Waals surface area contributed by atoms with Gasteiger partial charge < -0.3 is 15.0 Å². The number of rotatable bonds is 7. The van der Waals surface area contributed by atoms with E-state index in [0.29, 0.717) is 36.7 Å². The predicted molar refractivity (Wildman–Crippen MR) is 133 cm³/mol. The minimum absolute atomic E-state index is 0.0259. The molecule has 2 heterocycles. The quantitative estimate of drug-likeness (QED) is 0.420. The van der Waals surface area contributed by atoms with E-state index in [2.05, 4.69) is 20.1 Å². The minimum atomic E-state index is -4.43. The number of hydrogen-bond acceptors (Lipinski definition) is 6. The fourth-order valence-electron chi connectivity index (χ4n) is 4.20. The maximum Gasteiger partial charge on any atom is 0.418 e. The summed E-state index contributed by atoms with van der Waals surface area (Å²) in [5.74, 6) is 0.240. The van der Waals surface area contributed by atoms with Crippen LogP contribution < -0.4 is 10.2 Å². The third-order valence-electron chi connectivity index (χ3n) is 5.87. The van der Waals surface area contributed by atoms with Gasteiger partial charge in [-0.1, -0.05) is 24.3 Å². The molecule has 4 rings (SSSR count). The van der Waals surface area contributed by atoms with Gasteiger partial charge in [-0.2, -0.15) is 13.2 Å². The highest BCUT2D eigenvalue weighted by atomic mass is 19.4. The molecule has 9 heteroatoms. The van der Waals surface area contributed by atoms with Gasteiger partial charge in [0, 0.05) is 44.6 Å². The van der Waals surface area contributed by atoms with E-state index in [4.69, 9.17) is 4.74 Å². The number of alkyl halides is 3. The summed E-state index contributed by atoms with van der Waals surface area (Å²) in [5.41, 5.74) is 1.38. The number of hydrogen-bond donors (Lipinski definition) is 1. The Hall–Kier alpha value is -3.59. The second-order valence-electron chi connectivity index (χ2n) is 8.96. The third kappa shape index (κ3) is 6.34. The van der Waals surface area contributed by atoms with Crippen molar-refractivity contribution in [1.29, 1.82) is 0 Å². The molecule has 0 amide bonds. The lowest BCUT2D eigenvalue weighted by atomic mass is 10.1. The Bertz CT molecular complexity index is 1190. The highest BCUT2D eigenvalue weighted by Crippen LogP contribution is 2.36. The number of esters is 1. The fourth-order valence-corrected chi connectivity index (χ4v) is 4.20. The summed E-state index contributed by atoms with van der Waals surface area (Å²) >= 11 is 0. The molecule has 6 nitrogen and oxygen atoms in total. The number of carbonyl (C=O) groups is 1. The van der Waals surface area contributed by atoms with E-state index in [-0.39, 0.29) is 17.8 Å². The Morgan fingerprint density at radius 3 is 2.50 bits per heavy atom. The van der Waals surface area contributed by atoms with Gasteiger partial charge in [0.05, 0.1) is 17.4 Å². The van der Waals surface area contributed by atoms with E-state index in [0.717, 1.165) is 24.7 Å². The van der Waals surface area contributed by atoms with Crippen LogP contribution in [0.2, 0.25) is 0 Å². The standard InChI is InChI=1S/C27H29F3N4O2/c1-19(2)36-26(35)22-9-6-12-31-25(22)34-15-13-33(14-16-34)18-20-7-5-8-21(17-20)32-24-11-4-3-10-23(24)27(28,29)30/h3-12,17,19,32H,13-16,18H2,1-2H3. The monoisotopic (exact) mass is 498 g/mol. The zero-order valence-electron chi connectivity index (χ0n) is 20.3. The minimum Gasteiger partial charge on any atom is -0.459 e. The largest absolute Gasteiger partial charge is 0.459 e. The van der Waals surface area contributed by atoms with Crippen molar-refractivity contribution in [2.24, 2.45) is 0 Å². The number of aromatic nitrogens is 1. The number of carbonyl (C=O) groups excluding carboxylic acids is 1. The van der Waals surface area contributed by atoms with Crippen LogP contribution in [-0.4, -0.2) is 48.1 Å². The van der Waals surface area contributed by atoms with Crippen molar-refractivity contribution < 1.29 is 22.7 Å². The van der Waals surface area contributed by atoms with Crippen molar-refractivity contribution in [1.82, 2.24) is 9.88 Å². The Kier molecular flexibility index (Phi) is 7.79. The third-order valence-corrected chi connectivity index (χ3v) is 5.87. The summed E-state index contributed by atoms with van der Waals surface area (Å²) in [4.78, 5) is 21.3. The molecule has 2 aromatic carbocycles. The van der Waals surface area contributed by atoms with E-state index >= 15 is 0 Å². The molecule has 1 saturated heterocycles. The van der Waals surface area contributed by atoms with Gasteiger partial charge in [0.1, 0.15) is 11.4 Å². The summed E-state index contributed by atoms with van der Waals surface area (Å²) in [7, 11) is 0. The van der Waals surface area contributed by atoms with Crippen molar-refractivity contribution in [3.63, 3.8) is 0 Å². The molecular formula is C27H29F3N4O2. The fraction of sp³-hybridized carbons (Fsp3) is 0.333. The van der Waals surface area contributed by atoms with Gasteiger partial charge in [-0.05, 0) is 55.8 Å². The van der Waals surface area contributed by atoms with E-state index in [9.17, 15) is 18.0 Å². The number of pyridine rings is 1. The second kappa shape index (κ2) is 11.0. The predicted octanol–water partition coefficient (Wildman–Crippen LogP) is 5.73. The van der Waals surface area contributed by atoms with Gasteiger partial charge in [-0.3, -0.25) is 4.90 Å². The normalized spacial score (nSPS) is 14.7. The molecule has 1 N–H and O–H groups in total. The van der Waals surface area contributed by atoms with Crippen LogP contribution in [0.5, 0.6) is 0 Å². The number of benzene rings is 2. The molecule has 190 valence electrons. The smallest absolute Gasteiger partial charge is 0.418 e. The van der Waals surface area contributed by atoms with Crippen molar-refractivity contribution in [2.75, 3.05) is 36.4 Å². The number of piperazine rings is 1. The van der Waals surface area contributed by atoms with Crippen LogP contribution in [0.25, 0.3) is 0 Å². The van der Waals surface area contributed by atoms with Gasteiger partial charge in [0.25, 0.3) is 0 Å². The molecule has 0 atom stereocenters. The van der Waals surface area contributed by atoms with Gasteiger partial charge >= 0.3 is 12.1 Å². The lowest BCUT2D eigenvalue weighted by Gasteiger charge is -2.36. The van der Waals surface area contributed by atoms with Crippen LogP contribution >= 0.6 is 0 Å². The lowest BCUT2D eigenvalue weighted by molar-refractivity contribution is -0.136. The number of nitrogens with zero attached hydrogens (tertiary/aromatic N) is 3. The molecule has 0 bridgehead atoms. The molecular weight excluding hydrogens is 469 g/mol. The van der Waals surface area contributed by atoms with Crippen LogP contribution in [0.15, 0.2) is 66.9 Å². The Morgan fingerprint density at radius 1 is 1.03 bits per heavy atom. The zero-order valence-corrected chi connectivity index (χ0v) is 20.3. The van der Waals surface area contributed by atoms with E-state index < -0.39 is 11.7 Å². The maximum atomic E-state index is 13.3. The van der Waals surface area contributed by atoms with Crippen LogP contribution in [0.3, 0.4) is 0 Å². The van der Waals surface area contributed by atoms with Gasteiger partial charge in [0.15, 0.2) is 0 Å². The molecule has 1 aromatic heterocycles. The van der Waals surface area contributed by atoms with Crippen molar-refractivity contribution >= 4 is 23.2 Å². The average Bonchev–Trinajstić information content (AvgIpc) is 2.84. The van der Waals surface area contributed by atoms with E-state index in [1.807, 2.05) is 32.0 Å². The summed E-state index contributed by atoms with van der Waals surface area (Å²) in [6.45, 7) is 7.17. The Morgan fingerprint density at radius 2 is 1.78 bits per heavy atom. The molecule has 0 spiro atoms. The molecule has 1 fully saturated rings. The number of nitrogens with one attached hydrogen (secondary N) is 1. The molecule has 0 unspecified atom stereocenters. The molecule has 3 aromatic rings. The Balaban J connectivity index is 1.39. The first kappa shape index (κ1) is 25.5. The Labute approximate surface area is 208 Å². The molecule has 0 saturated carbocycles. The SMILES string of the molecule is CC(C)OC(=O)c1cccnc1N1CCN(Cc2cccc(Nc3ccccc3C(F)(F)F)c2)CC1. The maximum absolute atomic E-state index is 13.3. The first-order valence-corrected chi connectivity index (χ1v) is 11.9. The first-order valence-electron chi connectivity index (χ1n) is 11.9. The van der Waals surface area contributed by atoms with Gasteiger partial charge in [-0.15, -0.1) is 0 Å². The first-order chi connectivity index (χ1) is 17.2. The molecule has 0 aliphatic carbocycles. The highest BCUT2D eigenvalue weighted by molar-refractivity contribution is 5.94. The summed E-state index contributed by atoms with van der Waals surface area (Å²) in [6, 6.07) is 16.3. The number of anilines is 3. The van der Waals surface area contributed by atoms with Crippen LogP contribution in [0.1, 0.15) is 35.3 Å². The topological polar surface area (TPSA) is 57.7 Å². The number of halogens is 3. The summed E-state index contributed by atoms with van der Waals surface area (Å²) in [6.07, 6.45) is -2.97. The highest BCUT2D eigenvalue weighted by Gasteiger charge is 2.33. The van der Waals surface area contributed by atoms with Gasteiger partial charge in [-0.25, -0.2) is 9.78 Å². The average molecular weight is 499 g/mol. The van der Waals surface area contributed by atoms with Crippen LogP contribution in [0.4, 0.5) is 30.4 Å². The molecule has 1 aliphatic heterocycles. The van der Waals surface area contributed by atoms with Crippen molar-refractivity contribution in [3.05, 3.63) is 83.6 Å². The van der Waals surface area contributed by atoms with Crippen LogP contribution in [0, 0.1) is 0 Å². The van der Waals surface area contributed by atoms with Crippen LogP contribution in [-0.2, 0) is 17.5 Å². The van der Waals surface area contributed by atoms with E-state index in [1.54, 1.807) is 30.5 Å². The van der Waals surface area contributed by atoms with Crippen molar-refractivity contribution in [3.8, 4) is 0 Å². The summed E-state index contributed by atoms with van der Waals surface area (Å²) in [5, 5.41) is 2.92. The summed E-state index contributed by atoms with van der Waals surface area (Å²) < 4.78 is 45.4. The van der Waals surface area contributed by atoms with E-state index in [1.165, 1.54) is 12.1 Å². The van der Waals surface area contributed by atoms with Crippen molar-refractivity contribution in [2.45, 2.75) is 32.7 Å². The molecule has 36 heavy (non-hydrogen) atoms. The number of para-hydroxylation sites is 1. The zero-order chi connectivity index (χ0) is 25.7. The van der Waals surface area contributed by atoms with Gasteiger partial charge in [0.2, 0.25) is 0 Å².